The highest BCUT2D eigenvalue weighted by atomic mass is 19.4. The van der Waals surface area contributed by atoms with Crippen LogP contribution < -0.4 is 10.1 Å². The van der Waals surface area contributed by atoms with Crippen molar-refractivity contribution in [3.8, 4) is 17.7 Å². The molecule has 1 aromatic heterocycles. The molecule has 0 saturated heterocycles. The van der Waals surface area contributed by atoms with E-state index in [1.165, 1.54) is 30.5 Å². The van der Waals surface area contributed by atoms with Crippen molar-refractivity contribution >= 4 is 11.6 Å². The van der Waals surface area contributed by atoms with Gasteiger partial charge in [0.2, 0.25) is 11.8 Å². The van der Waals surface area contributed by atoms with E-state index in [0.29, 0.717) is 5.69 Å². The van der Waals surface area contributed by atoms with Crippen molar-refractivity contribution in [3.63, 3.8) is 0 Å². The molecule has 1 N–H and O–H groups in total. The molecule has 0 atom stereocenters. The van der Waals surface area contributed by atoms with Crippen molar-refractivity contribution in [2.45, 2.75) is 12.6 Å². The van der Waals surface area contributed by atoms with E-state index >= 15 is 0 Å². The van der Waals surface area contributed by atoms with Gasteiger partial charge in [-0.2, -0.15) is 18.4 Å². The van der Waals surface area contributed by atoms with E-state index in [-0.39, 0.29) is 18.1 Å². The largest absolute Gasteiger partial charge is 0.439 e. The van der Waals surface area contributed by atoms with Gasteiger partial charge in [0.1, 0.15) is 12.2 Å². The number of hydrogen-bond donors (Lipinski definition) is 1. The second-order valence-electron chi connectivity index (χ2n) is 4.39. The lowest BCUT2D eigenvalue weighted by Gasteiger charge is -2.09. The molecular formula is C15H10F3N3O2. The molecule has 2 rings (SSSR count). The Morgan fingerprint density at radius 1 is 1.22 bits per heavy atom. The molecular weight excluding hydrogens is 311 g/mol. The zero-order valence-corrected chi connectivity index (χ0v) is 11.6. The maximum absolute atomic E-state index is 12.4. The van der Waals surface area contributed by atoms with Crippen LogP contribution in [0.2, 0.25) is 0 Å². The van der Waals surface area contributed by atoms with Crippen LogP contribution in [0.15, 0.2) is 42.6 Å². The fraction of sp³-hybridized carbons (Fsp3) is 0.133. The van der Waals surface area contributed by atoms with Crippen molar-refractivity contribution in [1.29, 1.82) is 5.26 Å². The molecule has 0 aliphatic rings. The molecule has 0 aliphatic heterocycles. The van der Waals surface area contributed by atoms with E-state index in [4.69, 9.17) is 10.00 Å². The molecule has 5 nitrogen and oxygen atoms in total. The number of hydrogen-bond acceptors (Lipinski definition) is 4. The predicted octanol–water partition coefficient (Wildman–Crippen LogP) is 3.74. The van der Waals surface area contributed by atoms with Crippen molar-refractivity contribution < 1.29 is 22.7 Å². The topological polar surface area (TPSA) is 75.0 Å². The van der Waals surface area contributed by atoms with E-state index in [2.05, 4.69) is 10.3 Å². The molecule has 8 heteroatoms. The molecule has 0 saturated carbocycles. The summed E-state index contributed by atoms with van der Waals surface area (Å²) in [6, 6.07) is 8.85. The van der Waals surface area contributed by atoms with Crippen LogP contribution in [0, 0.1) is 11.3 Å². The quantitative estimate of drug-likeness (QED) is 0.930. The lowest BCUT2D eigenvalue weighted by atomic mass is 10.2. The van der Waals surface area contributed by atoms with E-state index < -0.39 is 17.6 Å². The van der Waals surface area contributed by atoms with Crippen LogP contribution in [0.25, 0.3) is 0 Å². The third-order valence-corrected chi connectivity index (χ3v) is 2.66. The number of pyridine rings is 1. The Kier molecular flexibility index (Phi) is 4.81. The number of benzene rings is 1. The van der Waals surface area contributed by atoms with Gasteiger partial charge in [0, 0.05) is 6.07 Å². The summed E-state index contributed by atoms with van der Waals surface area (Å²) >= 11 is 0. The van der Waals surface area contributed by atoms with Crippen LogP contribution in [-0.2, 0) is 11.0 Å². The molecule has 0 unspecified atom stereocenters. The number of halogens is 3. The van der Waals surface area contributed by atoms with E-state index in [9.17, 15) is 18.0 Å². The molecule has 23 heavy (non-hydrogen) atoms. The fourth-order valence-electron chi connectivity index (χ4n) is 1.62. The van der Waals surface area contributed by atoms with Gasteiger partial charge in [-0.15, -0.1) is 0 Å². The lowest BCUT2D eigenvalue weighted by Crippen LogP contribution is -2.10. The average molecular weight is 321 g/mol. The Balaban J connectivity index is 2.01. The second kappa shape index (κ2) is 6.79. The number of nitrogens with zero attached hydrogens (tertiary/aromatic N) is 2. The van der Waals surface area contributed by atoms with Crippen LogP contribution in [0.4, 0.5) is 18.9 Å². The molecule has 0 radical (unpaired) electrons. The molecule has 118 valence electrons. The Morgan fingerprint density at radius 2 is 1.91 bits per heavy atom. The standard InChI is InChI=1S/C15H10F3N3O2/c16-15(17,18)10-1-4-12(5-2-10)23-14-6-3-11(9-20-14)21-13(22)7-8-19/h1-6,9H,7H2,(H,21,22). The molecule has 0 spiro atoms. The number of carbonyl (C=O) groups excluding carboxylic acids is 1. The van der Waals surface area contributed by atoms with Crippen LogP contribution in [-0.4, -0.2) is 10.9 Å². The molecule has 0 fully saturated rings. The highest BCUT2D eigenvalue weighted by Crippen LogP contribution is 2.31. The van der Waals surface area contributed by atoms with Gasteiger partial charge < -0.3 is 10.1 Å². The summed E-state index contributed by atoms with van der Waals surface area (Å²) in [6.45, 7) is 0. The van der Waals surface area contributed by atoms with Crippen molar-refractivity contribution in [3.05, 3.63) is 48.2 Å². The number of aromatic nitrogens is 1. The van der Waals surface area contributed by atoms with Crippen LogP contribution in [0.1, 0.15) is 12.0 Å². The molecule has 1 amide bonds. The number of carbonyl (C=O) groups is 1. The summed E-state index contributed by atoms with van der Waals surface area (Å²) in [5.74, 6) is -0.111. The van der Waals surface area contributed by atoms with Crippen LogP contribution in [0.3, 0.4) is 0 Å². The van der Waals surface area contributed by atoms with Crippen LogP contribution >= 0.6 is 0 Å². The molecule has 2 aromatic rings. The number of amides is 1. The number of nitriles is 1. The van der Waals surface area contributed by atoms with Gasteiger partial charge in [0.25, 0.3) is 0 Å². The maximum atomic E-state index is 12.4. The van der Waals surface area contributed by atoms with Crippen LogP contribution in [0.5, 0.6) is 11.6 Å². The Bertz CT molecular complexity index is 720. The monoisotopic (exact) mass is 321 g/mol. The molecule has 1 aromatic carbocycles. The minimum absolute atomic E-state index is 0.156. The van der Waals surface area contributed by atoms with Gasteiger partial charge >= 0.3 is 6.18 Å². The summed E-state index contributed by atoms with van der Waals surface area (Å²) in [5.41, 5.74) is -0.390. The predicted molar refractivity (Wildman–Crippen MR) is 74.6 cm³/mol. The number of rotatable bonds is 4. The summed E-state index contributed by atoms with van der Waals surface area (Å²) in [5, 5.41) is 10.8. The van der Waals surface area contributed by atoms with E-state index in [1.54, 1.807) is 6.07 Å². The Labute approximate surface area is 129 Å². The average Bonchev–Trinajstić information content (AvgIpc) is 2.49. The molecule has 0 aliphatic carbocycles. The summed E-state index contributed by atoms with van der Waals surface area (Å²) in [4.78, 5) is 15.1. The highest BCUT2D eigenvalue weighted by Gasteiger charge is 2.30. The summed E-state index contributed by atoms with van der Waals surface area (Å²) in [6.07, 6.45) is -3.36. The number of anilines is 1. The highest BCUT2D eigenvalue weighted by molar-refractivity contribution is 5.91. The van der Waals surface area contributed by atoms with Gasteiger partial charge in [0.05, 0.1) is 23.5 Å². The number of ether oxygens (including phenoxy) is 1. The number of alkyl halides is 3. The third-order valence-electron chi connectivity index (χ3n) is 2.66. The van der Waals surface area contributed by atoms with Crippen molar-refractivity contribution in [2.24, 2.45) is 0 Å². The van der Waals surface area contributed by atoms with Gasteiger partial charge in [-0.25, -0.2) is 4.98 Å². The lowest BCUT2D eigenvalue weighted by molar-refractivity contribution is -0.137. The van der Waals surface area contributed by atoms with Gasteiger partial charge in [-0.3, -0.25) is 4.79 Å². The van der Waals surface area contributed by atoms with Gasteiger partial charge in [-0.05, 0) is 30.3 Å². The minimum atomic E-state index is -4.40. The Morgan fingerprint density at radius 3 is 2.43 bits per heavy atom. The third kappa shape index (κ3) is 4.71. The first kappa shape index (κ1) is 16.3. The summed E-state index contributed by atoms with van der Waals surface area (Å²) < 4.78 is 42.6. The smallest absolute Gasteiger partial charge is 0.416 e. The SMILES string of the molecule is N#CCC(=O)Nc1ccc(Oc2ccc(C(F)(F)F)cc2)nc1. The summed E-state index contributed by atoms with van der Waals surface area (Å²) in [7, 11) is 0. The normalized spacial score (nSPS) is 10.7. The van der Waals surface area contributed by atoms with Gasteiger partial charge in [-0.1, -0.05) is 0 Å². The first-order valence-corrected chi connectivity index (χ1v) is 6.36. The Hall–Kier alpha value is -3.08. The maximum Gasteiger partial charge on any atom is 0.416 e. The van der Waals surface area contributed by atoms with Crippen molar-refractivity contribution in [2.75, 3.05) is 5.32 Å². The molecule has 1 heterocycles. The minimum Gasteiger partial charge on any atom is -0.439 e. The van der Waals surface area contributed by atoms with Gasteiger partial charge in [0.15, 0.2) is 0 Å². The fourth-order valence-corrected chi connectivity index (χ4v) is 1.62. The first-order valence-electron chi connectivity index (χ1n) is 6.36. The van der Waals surface area contributed by atoms with E-state index in [1.807, 2.05) is 0 Å². The molecule has 0 bridgehead atoms. The van der Waals surface area contributed by atoms with E-state index in [0.717, 1.165) is 12.1 Å². The zero-order valence-electron chi connectivity index (χ0n) is 11.6. The number of nitrogens with one attached hydrogen (secondary N) is 1. The zero-order chi connectivity index (χ0) is 16.9. The second-order valence-corrected chi connectivity index (χ2v) is 4.39. The first-order chi connectivity index (χ1) is 10.9. The van der Waals surface area contributed by atoms with Crippen molar-refractivity contribution in [1.82, 2.24) is 4.98 Å².